The number of anilines is 1. The van der Waals surface area contributed by atoms with E-state index >= 15 is 0 Å². The van der Waals surface area contributed by atoms with E-state index in [9.17, 15) is 14.4 Å². The predicted molar refractivity (Wildman–Crippen MR) is 102 cm³/mol. The molecule has 1 saturated carbocycles. The van der Waals surface area contributed by atoms with Crippen LogP contribution < -0.4 is 5.32 Å². The number of amides is 2. The van der Waals surface area contributed by atoms with Gasteiger partial charge in [-0.1, -0.05) is 24.4 Å². The van der Waals surface area contributed by atoms with Gasteiger partial charge in [-0.3, -0.25) is 14.4 Å². The van der Waals surface area contributed by atoms with Crippen molar-refractivity contribution >= 4 is 35.4 Å². The Hall–Kier alpha value is -2.03. The smallest absolute Gasteiger partial charge is 0.316 e. The SMILES string of the molecule is Cc1cc(NC(=O)CSCC(=O)O[C@@H](C)C(=O)N(C)C2CCCCC2)no1. The van der Waals surface area contributed by atoms with Crippen molar-refractivity contribution < 1.29 is 23.6 Å². The second kappa shape index (κ2) is 10.3. The Labute approximate surface area is 163 Å². The second-order valence-electron chi connectivity index (χ2n) is 6.74. The van der Waals surface area contributed by atoms with Crippen LogP contribution in [0.15, 0.2) is 10.6 Å². The minimum Gasteiger partial charge on any atom is -0.452 e. The van der Waals surface area contributed by atoms with E-state index < -0.39 is 12.1 Å². The molecular weight excluding hydrogens is 370 g/mol. The second-order valence-corrected chi connectivity index (χ2v) is 7.72. The minimum absolute atomic E-state index is 0.00394. The molecule has 27 heavy (non-hydrogen) atoms. The topological polar surface area (TPSA) is 102 Å². The average Bonchev–Trinajstić information content (AvgIpc) is 3.05. The van der Waals surface area contributed by atoms with Crippen molar-refractivity contribution in [3.63, 3.8) is 0 Å². The van der Waals surface area contributed by atoms with Crippen molar-refractivity contribution in [1.29, 1.82) is 0 Å². The number of aromatic nitrogens is 1. The summed E-state index contributed by atoms with van der Waals surface area (Å²) in [4.78, 5) is 37.8. The van der Waals surface area contributed by atoms with E-state index in [1.807, 2.05) is 0 Å². The normalized spacial score (nSPS) is 15.8. The predicted octanol–water partition coefficient (Wildman–Crippen LogP) is 2.38. The lowest BCUT2D eigenvalue weighted by molar-refractivity contribution is -0.157. The van der Waals surface area contributed by atoms with Gasteiger partial charge in [0.2, 0.25) is 5.91 Å². The lowest BCUT2D eigenvalue weighted by atomic mass is 9.94. The van der Waals surface area contributed by atoms with E-state index in [-0.39, 0.29) is 29.4 Å². The Morgan fingerprint density at radius 3 is 2.67 bits per heavy atom. The number of carbonyl (C=O) groups is 3. The molecule has 2 amide bonds. The molecule has 0 radical (unpaired) electrons. The van der Waals surface area contributed by atoms with E-state index in [0.717, 1.165) is 37.4 Å². The first-order chi connectivity index (χ1) is 12.9. The van der Waals surface area contributed by atoms with Crippen LogP contribution in [0.2, 0.25) is 0 Å². The van der Waals surface area contributed by atoms with E-state index in [2.05, 4.69) is 10.5 Å². The van der Waals surface area contributed by atoms with Gasteiger partial charge in [-0.25, -0.2) is 0 Å². The highest BCUT2D eigenvalue weighted by molar-refractivity contribution is 8.00. The van der Waals surface area contributed by atoms with Gasteiger partial charge in [-0.05, 0) is 26.7 Å². The summed E-state index contributed by atoms with van der Waals surface area (Å²) in [6.45, 7) is 3.31. The summed E-state index contributed by atoms with van der Waals surface area (Å²) >= 11 is 1.12. The molecule has 0 spiro atoms. The highest BCUT2D eigenvalue weighted by atomic mass is 32.2. The zero-order valence-electron chi connectivity index (χ0n) is 16.0. The zero-order chi connectivity index (χ0) is 19.8. The lowest BCUT2D eigenvalue weighted by Crippen LogP contribution is -2.44. The zero-order valence-corrected chi connectivity index (χ0v) is 16.8. The summed E-state index contributed by atoms with van der Waals surface area (Å²) in [7, 11) is 1.77. The molecule has 1 N–H and O–H groups in total. The fourth-order valence-corrected chi connectivity index (χ4v) is 3.64. The summed E-state index contributed by atoms with van der Waals surface area (Å²) in [5, 5.41) is 6.23. The number of thioether (sulfide) groups is 1. The van der Waals surface area contributed by atoms with Gasteiger partial charge in [0.15, 0.2) is 11.9 Å². The number of hydrogen-bond donors (Lipinski definition) is 1. The first-order valence-corrected chi connectivity index (χ1v) is 10.3. The van der Waals surface area contributed by atoms with Crippen LogP contribution in [0.25, 0.3) is 0 Å². The molecule has 0 unspecified atom stereocenters. The Morgan fingerprint density at radius 2 is 2.04 bits per heavy atom. The largest absolute Gasteiger partial charge is 0.452 e. The molecule has 0 aromatic carbocycles. The molecule has 2 rings (SSSR count). The van der Waals surface area contributed by atoms with E-state index in [4.69, 9.17) is 9.26 Å². The van der Waals surface area contributed by atoms with Crippen LogP contribution in [0.3, 0.4) is 0 Å². The van der Waals surface area contributed by atoms with Gasteiger partial charge in [0.05, 0.1) is 11.5 Å². The minimum atomic E-state index is -0.822. The van der Waals surface area contributed by atoms with Crippen LogP contribution in [0.4, 0.5) is 5.82 Å². The number of hydrogen-bond acceptors (Lipinski definition) is 7. The first-order valence-electron chi connectivity index (χ1n) is 9.14. The van der Waals surface area contributed by atoms with Crippen LogP contribution in [0.1, 0.15) is 44.8 Å². The summed E-state index contributed by atoms with van der Waals surface area (Å²) in [5.74, 6) is 0.0232. The van der Waals surface area contributed by atoms with E-state index in [1.165, 1.54) is 6.42 Å². The van der Waals surface area contributed by atoms with Crippen molar-refractivity contribution in [3.8, 4) is 0 Å². The van der Waals surface area contributed by atoms with Crippen LogP contribution in [0, 0.1) is 6.92 Å². The van der Waals surface area contributed by atoms with Gasteiger partial charge in [-0.15, -0.1) is 11.8 Å². The number of rotatable bonds is 8. The van der Waals surface area contributed by atoms with Gasteiger partial charge in [0.25, 0.3) is 5.91 Å². The van der Waals surface area contributed by atoms with Crippen molar-refractivity contribution in [2.45, 2.75) is 58.1 Å². The number of carbonyl (C=O) groups excluding carboxylic acids is 3. The number of aryl methyl sites for hydroxylation is 1. The molecular formula is C18H27N3O5S. The number of ether oxygens (including phenoxy) is 1. The van der Waals surface area contributed by atoms with Crippen molar-refractivity contribution in [2.24, 2.45) is 0 Å². The van der Waals surface area contributed by atoms with Crippen LogP contribution >= 0.6 is 11.8 Å². The Morgan fingerprint density at radius 1 is 1.33 bits per heavy atom. The monoisotopic (exact) mass is 397 g/mol. The third-order valence-electron chi connectivity index (χ3n) is 4.47. The molecule has 0 saturated heterocycles. The third-order valence-corrected chi connectivity index (χ3v) is 5.38. The number of likely N-dealkylation sites (N-methyl/N-ethyl adjacent to an activating group) is 1. The van der Waals surface area contributed by atoms with Gasteiger partial charge < -0.3 is 19.5 Å². The number of nitrogens with zero attached hydrogens (tertiary/aromatic N) is 2. The maximum Gasteiger partial charge on any atom is 0.316 e. The highest BCUT2D eigenvalue weighted by Crippen LogP contribution is 2.22. The number of esters is 1. The maximum atomic E-state index is 12.4. The molecule has 0 bridgehead atoms. The van der Waals surface area contributed by atoms with Gasteiger partial charge in [0, 0.05) is 19.2 Å². The fourth-order valence-electron chi connectivity index (χ4n) is 3.05. The molecule has 9 heteroatoms. The van der Waals surface area contributed by atoms with Crippen LogP contribution in [-0.2, 0) is 19.1 Å². The molecule has 1 aliphatic carbocycles. The average molecular weight is 397 g/mol. The molecule has 150 valence electrons. The summed E-state index contributed by atoms with van der Waals surface area (Å²) in [6.07, 6.45) is 4.64. The highest BCUT2D eigenvalue weighted by Gasteiger charge is 2.27. The quantitative estimate of drug-likeness (QED) is 0.672. The van der Waals surface area contributed by atoms with Crippen LogP contribution in [0.5, 0.6) is 0 Å². The molecule has 0 aliphatic heterocycles. The first kappa shape index (κ1) is 21.3. The summed E-state index contributed by atoms with van der Waals surface area (Å²) in [6, 6.07) is 1.83. The third kappa shape index (κ3) is 6.89. The molecule has 8 nitrogen and oxygen atoms in total. The molecule has 1 fully saturated rings. The lowest BCUT2D eigenvalue weighted by Gasteiger charge is -2.32. The Balaban J connectivity index is 1.66. The van der Waals surface area contributed by atoms with Crippen molar-refractivity contribution in [2.75, 3.05) is 23.9 Å². The fraction of sp³-hybridized carbons (Fsp3) is 0.667. The van der Waals surface area contributed by atoms with Crippen molar-refractivity contribution in [3.05, 3.63) is 11.8 Å². The summed E-state index contributed by atoms with van der Waals surface area (Å²) < 4.78 is 10.1. The van der Waals surface area contributed by atoms with E-state index in [1.54, 1.807) is 31.9 Å². The molecule has 1 aliphatic rings. The van der Waals surface area contributed by atoms with Gasteiger partial charge in [-0.2, -0.15) is 0 Å². The van der Waals surface area contributed by atoms with Gasteiger partial charge >= 0.3 is 5.97 Å². The molecule has 1 aromatic rings. The Kier molecular flexibility index (Phi) is 8.15. The Bertz CT molecular complexity index is 657. The van der Waals surface area contributed by atoms with Crippen LogP contribution in [-0.4, -0.2) is 58.5 Å². The standard InChI is InChI=1S/C18H27N3O5S/c1-12-9-15(20-26-12)19-16(22)10-27-11-17(23)25-13(2)18(24)21(3)14-7-5-4-6-8-14/h9,13-14H,4-8,10-11H2,1-3H3,(H,19,20,22)/t13-/m0/s1. The van der Waals surface area contributed by atoms with E-state index in [0.29, 0.717) is 11.6 Å². The molecule has 1 heterocycles. The maximum absolute atomic E-state index is 12.4. The molecule has 1 atom stereocenters. The number of nitrogens with one attached hydrogen (secondary N) is 1. The van der Waals surface area contributed by atoms with Gasteiger partial charge in [0.1, 0.15) is 5.76 Å². The molecule has 1 aromatic heterocycles. The van der Waals surface area contributed by atoms with Crippen molar-refractivity contribution in [1.82, 2.24) is 10.1 Å². The summed E-state index contributed by atoms with van der Waals surface area (Å²) in [5.41, 5.74) is 0.